The Morgan fingerprint density at radius 1 is 1.21 bits per heavy atom. The Labute approximate surface area is 118 Å². The molecule has 4 heteroatoms. The molecular weight excluding hydrogens is 240 g/mol. The van der Waals surface area contributed by atoms with Gasteiger partial charge in [0.15, 0.2) is 0 Å². The number of rotatable bonds is 9. The third-order valence-electron chi connectivity index (χ3n) is 4.14. The van der Waals surface area contributed by atoms with Crippen LogP contribution in [0.4, 0.5) is 0 Å². The summed E-state index contributed by atoms with van der Waals surface area (Å²) in [4.78, 5) is 14.4. The first-order valence-electron chi connectivity index (χ1n) is 7.37. The highest BCUT2D eigenvalue weighted by molar-refractivity contribution is 5.80. The van der Waals surface area contributed by atoms with E-state index in [0.717, 1.165) is 25.9 Å². The normalized spacial score (nSPS) is 15.4. The SMILES string of the molecule is CCNC(C)(CCN(C)C(C)(C)CC)C(=O)OCC. The van der Waals surface area contributed by atoms with Crippen molar-refractivity contribution < 1.29 is 9.53 Å². The summed E-state index contributed by atoms with van der Waals surface area (Å²) >= 11 is 0. The van der Waals surface area contributed by atoms with E-state index in [1.165, 1.54) is 0 Å². The molecule has 19 heavy (non-hydrogen) atoms. The lowest BCUT2D eigenvalue weighted by Gasteiger charge is -2.37. The molecule has 0 rings (SSSR count). The topological polar surface area (TPSA) is 41.6 Å². The maximum Gasteiger partial charge on any atom is 0.326 e. The second-order valence-electron chi connectivity index (χ2n) is 5.92. The van der Waals surface area contributed by atoms with Gasteiger partial charge in [-0.15, -0.1) is 0 Å². The van der Waals surface area contributed by atoms with Crippen LogP contribution < -0.4 is 5.32 Å². The van der Waals surface area contributed by atoms with Crippen LogP contribution in [0.2, 0.25) is 0 Å². The molecular formula is C15H32N2O2. The molecule has 0 amide bonds. The number of nitrogens with one attached hydrogen (secondary N) is 1. The molecule has 0 aromatic carbocycles. The van der Waals surface area contributed by atoms with Gasteiger partial charge in [-0.3, -0.25) is 4.79 Å². The average molecular weight is 272 g/mol. The van der Waals surface area contributed by atoms with E-state index in [4.69, 9.17) is 4.74 Å². The van der Waals surface area contributed by atoms with Crippen molar-refractivity contribution >= 4 is 5.97 Å². The first kappa shape index (κ1) is 18.4. The van der Waals surface area contributed by atoms with E-state index in [1.807, 2.05) is 20.8 Å². The summed E-state index contributed by atoms with van der Waals surface area (Å²) in [6, 6.07) is 0. The highest BCUT2D eigenvalue weighted by atomic mass is 16.5. The Kier molecular flexibility index (Phi) is 7.60. The number of carbonyl (C=O) groups excluding carboxylic acids is 1. The molecule has 0 radical (unpaired) electrons. The van der Waals surface area contributed by atoms with Crippen molar-refractivity contribution in [3.63, 3.8) is 0 Å². The van der Waals surface area contributed by atoms with Gasteiger partial charge in [-0.25, -0.2) is 0 Å². The van der Waals surface area contributed by atoms with Gasteiger partial charge in [0.25, 0.3) is 0 Å². The minimum absolute atomic E-state index is 0.153. The predicted molar refractivity (Wildman–Crippen MR) is 80.3 cm³/mol. The lowest BCUT2D eigenvalue weighted by molar-refractivity contribution is -0.151. The number of nitrogens with zero attached hydrogens (tertiary/aromatic N) is 1. The van der Waals surface area contributed by atoms with Crippen LogP contribution in [0.1, 0.15) is 54.4 Å². The highest BCUT2D eigenvalue weighted by Crippen LogP contribution is 2.20. The van der Waals surface area contributed by atoms with E-state index in [-0.39, 0.29) is 11.5 Å². The second kappa shape index (κ2) is 7.85. The van der Waals surface area contributed by atoms with Gasteiger partial charge in [0.1, 0.15) is 5.54 Å². The Morgan fingerprint density at radius 3 is 2.21 bits per heavy atom. The maximum atomic E-state index is 12.1. The Hall–Kier alpha value is -0.610. The van der Waals surface area contributed by atoms with Gasteiger partial charge in [0, 0.05) is 12.1 Å². The summed E-state index contributed by atoms with van der Waals surface area (Å²) in [7, 11) is 2.11. The zero-order valence-corrected chi connectivity index (χ0v) is 13.8. The zero-order valence-electron chi connectivity index (χ0n) is 13.8. The third-order valence-corrected chi connectivity index (χ3v) is 4.14. The van der Waals surface area contributed by atoms with Gasteiger partial charge in [0.05, 0.1) is 6.61 Å². The number of hydrogen-bond donors (Lipinski definition) is 1. The smallest absolute Gasteiger partial charge is 0.326 e. The first-order chi connectivity index (χ1) is 8.73. The van der Waals surface area contributed by atoms with Gasteiger partial charge in [-0.2, -0.15) is 0 Å². The fourth-order valence-electron chi connectivity index (χ4n) is 1.91. The van der Waals surface area contributed by atoms with Crippen LogP contribution in [0.15, 0.2) is 0 Å². The van der Waals surface area contributed by atoms with Crippen molar-refractivity contribution in [2.75, 3.05) is 26.7 Å². The Morgan fingerprint density at radius 2 is 1.79 bits per heavy atom. The molecule has 0 saturated heterocycles. The van der Waals surface area contributed by atoms with E-state index < -0.39 is 5.54 Å². The Bertz CT molecular complexity index is 279. The molecule has 1 atom stereocenters. The van der Waals surface area contributed by atoms with Gasteiger partial charge >= 0.3 is 5.97 Å². The molecule has 0 bridgehead atoms. The molecule has 0 aromatic heterocycles. The minimum Gasteiger partial charge on any atom is -0.465 e. The van der Waals surface area contributed by atoms with Crippen molar-refractivity contribution in [3.05, 3.63) is 0 Å². The standard InChI is InChI=1S/C15H32N2O2/c1-8-14(4,5)17(7)12-11-15(6,16-9-2)13(18)19-10-3/h16H,8-12H2,1-7H3. The zero-order chi connectivity index (χ0) is 15.1. The minimum atomic E-state index is -0.594. The molecule has 0 heterocycles. The van der Waals surface area contributed by atoms with Gasteiger partial charge in [-0.05, 0) is 54.1 Å². The van der Waals surface area contributed by atoms with E-state index in [0.29, 0.717) is 6.61 Å². The molecule has 0 aliphatic carbocycles. The molecule has 114 valence electrons. The average Bonchev–Trinajstić information content (AvgIpc) is 2.36. The van der Waals surface area contributed by atoms with E-state index in [9.17, 15) is 4.79 Å². The number of likely N-dealkylation sites (N-methyl/N-ethyl adjacent to an activating group) is 1. The maximum absolute atomic E-state index is 12.1. The number of carbonyl (C=O) groups is 1. The fraction of sp³-hybridized carbons (Fsp3) is 0.933. The summed E-state index contributed by atoms with van der Waals surface area (Å²) in [6.07, 6.45) is 1.83. The molecule has 0 saturated carbocycles. The summed E-state index contributed by atoms with van der Waals surface area (Å²) in [5.74, 6) is -0.153. The van der Waals surface area contributed by atoms with Crippen LogP contribution in [0.3, 0.4) is 0 Å². The van der Waals surface area contributed by atoms with Crippen LogP contribution in [-0.4, -0.2) is 48.7 Å². The summed E-state index contributed by atoms with van der Waals surface area (Å²) in [5, 5.41) is 3.27. The van der Waals surface area contributed by atoms with Crippen LogP contribution in [0.25, 0.3) is 0 Å². The van der Waals surface area contributed by atoms with Gasteiger partial charge < -0.3 is 15.0 Å². The molecule has 0 aromatic rings. The molecule has 4 nitrogen and oxygen atoms in total. The van der Waals surface area contributed by atoms with E-state index >= 15 is 0 Å². The summed E-state index contributed by atoms with van der Waals surface area (Å²) < 4.78 is 5.18. The first-order valence-corrected chi connectivity index (χ1v) is 7.37. The molecule has 0 spiro atoms. The summed E-state index contributed by atoms with van der Waals surface area (Å²) in [6.45, 7) is 14.5. The monoisotopic (exact) mass is 272 g/mol. The summed E-state index contributed by atoms with van der Waals surface area (Å²) in [5.41, 5.74) is -0.440. The Balaban J connectivity index is 4.64. The molecule has 1 unspecified atom stereocenters. The highest BCUT2D eigenvalue weighted by Gasteiger charge is 2.34. The van der Waals surface area contributed by atoms with E-state index in [2.05, 4.69) is 38.0 Å². The molecule has 0 fully saturated rings. The van der Waals surface area contributed by atoms with Crippen molar-refractivity contribution in [1.29, 1.82) is 0 Å². The quantitative estimate of drug-likeness (QED) is 0.655. The molecule has 0 aliphatic rings. The number of hydrogen-bond acceptors (Lipinski definition) is 4. The van der Waals surface area contributed by atoms with Crippen LogP contribution >= 0.6 is 0 Å². The van der Waals surface area contributed by atoms with Crippen LogP contribution in [0.5, 0.6) is 0 Å². The van der Waals surface area contributed by atoms with Gasteiger partial charge in [-0.1, -0.05) is 13.8 Å². The van der Waals surface area contributed by atoms with Crippen LogP contribution in [0, 0.1) is 0 Å². The van der Waals surface area contributed by atoms with Crippen LogP contribution in [-0.2, 0) is 9.53 Å². The van der Waals surface area contributed by atoms with Gasteiger partial charge in [0.2, 0.25) is 0 Å². The largest absolute Gasteiger partial charge is 0.465 e. The van der Waals surface area contributed by atoms with Crippen molar-refractivity contribution in [2.45, 2.75) is 65.5 Å². The third kappa shape index (κ3) is 5.49. The number of ether oxygens (including phenoxy) is 1. The lowest BCUT2D eigenvalue weighted by Crippen LogP contribution is -2.53. The van der Waals surface area contributed by atoms with Crippen molar-refractivity contribution in [3.8, 4) is 0 Å². The van der Waals surface area contributed by atoms with E-state index in [1.54, 1.807) is 0 Å². The lowest BCUT2D eigenvalue weighted by atomic mass is 9.94. The second-order valence-corrected chi connectivity index (χ2v) is 5.92. The van der Waals surface area contributed by atoms with Crippen molar-refractivity contribution in [1.82, 2.24) is 10.2 Å². The van der Waals surface area contributed by atoms with Crippen molar-refractivity contribution in [2.24, 2.45) is 0 Å². The number of esters is 1. The molecule has 1 N–H and O–H groups in total. The molecule has 0 aliphatic heterocycles. The fourth-order valence-corrected chi connectivity index (χ4v) is 1.91. The predicted octanol–water partition coefficient (Wildman–Crippen LogP) is 2.43.